The Morgan fingerprint density at radius 3 is 2.91 bits per heavy atom. The van der Waals surface area contributed by atoms with Crippen LogP contribution in [0.25, 0.3) is 0 Å². The molecule has 4 nitrogen and oxygen atoms in total. The van der Waals surface area contributed by atoms with Crippen LogP contribution < -0.4 is 10.1 Å². The van der Waals surface area contributed by atoms with E-state index >= 15 is 0 Å². The van der Waals surface area contributed by atoms with Gasteiger partial charge in [0.25, 0.3) is 0 Å². The van der Waals surface area contributed by atoms with Crippen molar-refractivity contribution < 1.29 is 9.47 Å². The standard InChI is InChI=1S/C19H28N2O2/c1-2-18(22-11-1)13-23-17-5-3-16(4-6-17)12-21-10-8-19(15-21)7-9-20-14-19/h3-6,18,20H,1-2,7-15H2. The summed E-state index contributed by atoms with van der Waals surface area (Å²) in [4.78, 5) is 2.61. The molecule has 126 valence electrons. The zero-order chi connectivity index (χ0) is 15.5. The summed E-state index contributed by atoms with van der Waals surface area (Å²) >= 11 is 0. The molecular formula is C19H28N2O2. The summed E-state index contributed by atoms with van der Waals surface area (Å²) < 4.78 is 11.4. The second-order valence-corrected chi connectivity index (χ2v) is 7.48. The lowest BCUT2D eigenvalue weighted by molar-refractivity contribution is 0.0679. The van der Waals surface area contributed by atoms with Gasteiger partial charge in [-0.25, -0.2) is 0 Å². The van der Waals surface area contributed by atoms with Crippen LogP contribution in [0.15, 0.2) is 24.3 Å². The van der Waals surface area contributed by atoms with Crippen LogP contribution in [-0.4, -0.2) is 50.4 Å². The van der Waals surface area contributed by atoms with Gasteiger partial charge < -0.3 is 14.8 Å². The van der Waals surface area contributed by atoms with Gasteiger partial charge in [0.05, 0.1) is 6.10 Å². The van der Waals surface area contributed by atoms with Crippen molar-refractivity contribution in [3.05, 3.63) is 29.8 Å². The molecular weight excluding hydrogens is 288 g/mol. The van der Waals surface area contributed by atoms with Gasteiger partial charge in [-0.15, -0.1) is 0 Å². The largest absolute Gasteiger partial charge is 0.491 e. The molecule has 4 heteroatoms. The highest BCUT2D eigenvalue weighted by molar-refractivity contribution is 5.27. The zero-order valence-electron chi connectivity index (χ0n) is 13.9. The van der Waals surface area contributed by atoms with Gasteiger partial charge >= 0.3 is 0 Å². The fourth-order valence-electron chi connectivity index (χ4n) is 4.22. The van der Waals surface area contributed by atoms with Crippen molar-refractivity contribution in [3.63, 3.8) is 0 Å². The number of nitrogens with zero attached hydrogens (tertiary/aromatic N) is 1. The summed E-state index contributed by atoms with van der Waals surface area (Å²) in [5.74, 6) is 0.960. The van der Waals surface area contributed by atoms with Crippen molar-refractivity contribution >= 4 is 0 Å². The van der Waals surface area contributed by atoms with Crippen LogP contribution in [0.5, 0.6) is 5.75 Å². The molecule has 3 aliphatic rings. The molecule has 3 saturated heterocycles. The molecule has 1 aromatic carbocycles. The third kappa shape index (κ3) is 3.70. The molecule has 3 heterocycles. The molecule has 0 radical (unpaired) electrons. The van der Waals surface area contributed by atoms with Gasteiger partial charge in [-0.3, -0.25) is 4.90 Å². The van der Waals surface area contributed by atoms with E-state index < -0.39 is 0 Å². The molecule has 0 bridgehead atoms. The van der Waals surface area contributed by atoms with Gasteiger partial charge in [0, 0.05) is 26.2 Å². The van der Waals surface area contributed by atoms with Crippen LogP contribution >= 0.6 is 0 Å². The van der Waals surface area contributed by atoms with Crippen LogP contribution in [-0.2, 0) is 11.3 Å². The lowest BCUT2D eigenvalue weighted by Gasteiger charge is -2.23. The Bertz CT molecular complexity index is 505. The van der Waals surface area contributed by atoms with Crippen molar-refractivity contribution in [2.75, 3.05) is 39.4 Å². The van der Waals surface area contributed by atoms with E-state index in [9.17, 15) is 0 Å². The lowest BCUT2D eigenvalue weighted by Crippen LogP contribution is -2.28. The molecule has 0 amide bonds. The van der Waals surface area contributed by atoms with E-state index in [0.717, 1.165) is 25.3 Å². The molecule has 3 aliphatic heterocycles. The van der Waals surface area contributed by atoms with Crippen LogP contribution in [0.2, 0.25) is 0 Å². The average Bonchev–Trinajstić information content (AvgIpc) is 3.31. The molecule has 23 heavy (non-hydrogen) atoms. The normalized spacial score (nSPS) is 31.2. The van der Waals surface area contributed by atoms with E-state index in [1.807, 2.05) is 0 Å². The Balaban J connectivity index is 1.26. The van der Waals surface area contributed by atoms with Gasteiger partial charge in [0.15, 0.2) is 0 Å². The molecule has 2 atom stereocenters. The van der Waals surface area contributed by atoms with E-state index in [1.54, 1.807) is 0 Å². The third-order valence-corrected chi connectivity index (χ3v) is 5.64. The van der Waals surface area contributed by atoms with Crippen molar-refractivity contribution in [1.29, 1.82) is 0 Å². The minimum Gasteiger partial charge on any atom is -0.491 e. The highest BCUT2D eigenvalue weighted by atomic mass is 16.5. The number of benzene rings is 1. The predicted octanol–water partition coefficient (Wildman–Crippen LogP) is 2.43. The smallest absolute Gasteiger partial charge is 0.119 e. The van der Waals surface area contributed by atoms with Gasteiger partial charge in [-0.2, -0.15) is 0 Å². The Labute approximate surface area is 139 Å². The minimum atomic E-state index is 0.287. The van der Waals surface area contributed by atoms with Gasteiger partial charge in [-0.05, 0) is 61.9 Å². The van der Waals surface area contributed by atoms with E-state index in [0.29, 0.717) is 12.0 Å². The highest BCUT2D eigenvalue weighted by Gasteiger charge is 2.39. The fourth-order valence-corrected chi connectivity index (χ4v) is 4.22. The summed E-state index contributed by atoms with van der Waals surface area (Å²) in [7, 11) is 0. The number of hydrogen-bond acceptors (Lipinski definition) is 4. The Morgan fingerprint density at radius 1 is 1.26 bits per heavy atom. The maximum absolute atomic E-state index is 5.84. The van der Waals surface area contributed by atoms with Crippen LogP contribution in [0.3, 0.4) is 0 Å². The Hall–Kier alpha value is -1.10. The van der Waals surface area contributed by atoms with Crippen LogP contribution in [0.1, 0.15) is 31.2 Å². The molecule has 4 rings (SSSR count). The minimum absolute atomic E-state index is 0.287. The monoisotopic (exact) mass is 316 g/mol. The molecule has 1 aromatic rings. The molecule has 0 aliphatic carbocycles. The quantitative estimate of drug-likeness (QED) is 0.905. The van der Waals surface area contributed by atoms with Gasteiger partial charge in [-0.1, -0.05) is 12.1 Å². The van der Waals surface area contributed by atoms with Gasteiger partial charge in [0.1, 0.15) is 12.4 Å². The molecule has 1 N–H and O–H groups in total. The first-order valence-electron chi connectivity index (χ1n) is 9.08. The predicted molar refractivity (Wildman–Crippen MR) is 90.7 cm³/mol. The summed E-state index contributed by atoms with van der Waals surface area (Å²) in [6.07, 6.45) is 5.28. The Kier molecular flexibility index (Phi) is 4.56. The third-order valence-electron chi connectivity index (χ3n) is 5.64. The number of rotatable bonds is 5. The van der Waals surface area contributed by atoms with Crippen molar-refractivity contribution in [2.24, 2.45) is 5.41 Å². The van der Waals surface area contributed by atoms with Crippen molar-refractivity contribution in [2.45, 2.75) is 38.3 Å². The maximum atomic E-state index is 5.84. The first-order chi connectivity index (χ1) is 11.3. The topological polar surface area (TPSA) is 33.7 Å². The molecule has 3 fully saturated rings. The summed E-state index contributed by atoms with van der Waals surface area (Å²) in [6.45, 7) is 7.52. The van der Waals surface area contributed by atoms with Gasteiger partial charge in [0.2, 0.25) is 0 Å². The van der Waals surface area contributed by atoms with Crippen LogP contribution in [0.4, 0.5) is 0 Å². The first kappa shape index (κ1) is 15.4. The first-order valence-corrected chi connectivity index (χ1v) is 9.08. The number of hydrogen-bond donors (Lipinski definition) is 1. The molecule has 2 unspecified atom stereocenters. The van der Waals surface area contributed by atoms with Crippen molar-refractivity contribution in [3.8, 4) is 5.75 Å². The summed E-state index contributed by atoms with van der Waals surface area (Å²) in [5.41, 5.74) is 1.95. The number of nitrogens with one attached hydrogen (secondary N) is 1. The lowest BCUT2D eigenvalue weighted by atomic mass is 9.86. The highest BCUT2D eigenvalue weighted by Crippen LogP contribution is 2.36. The molecule has 0 aromatic heterocycles. The number of likely N-dealkylation sites (tertiary alicyclic amines) is 1. The number of ether oxygens (including phenoxy) is 2. The summed E-state index contributed by atoms with van der Waals surface area (Å²) in [6, 6.07) is 8.63. The average molecular weight is 316 g/mol. The van der Waals surface area contributed by atoms with Crippen molar-refractivity contribution in [1.82, 2.24) is 10.2 Å². The maximum Gasteiger partial charge on any atom is 0.119 e. The van der Waals surface area contributed by atoms with E-state index in [2.05, 4.69) is 34.5 Å². The second kappa shape index (κ2) is 6.80. The Morgan fingerprint density at radius 2 is 2.17 bits per heavy atom. The van der Waals surface area contributed by atoms with E-state index in [4.69, 9.17) is 9.47 Å². The summed E-state index contributed by atoms with van der Waals surface area (Å²) in [5, 5.41) is 3.53. The second-order valence-electron chi connectivity index (χ2n) is 7.48. The SMILES string of the molecule is c1cc(OCC2CCCO2)ccc1CN1CCC2(CCNC2)C1. The van der Waals surface area contributed by atoms with Crippen LogP contribution in [0, 0.1) is 5.41 Å². The molecule has 1 spiro atoms. The zero-order valence-corrected chi connectivity index (χ0v) is 13.9. The fraction of sp³-hybridized carbons (Fsp3) is 0.684. The molecule has 0 saturated carbocycles. The van der Waals surface area contributed by atoms with E-state index in [-0.39, 0.29) is 6.10 Å². The van der Waals surface area contributed by atoms with E-state index in [1.165, 1.54) is 51.0 Å².